The van der Waals surface area contributed by atoms with Crippen molar-refractivity contribution in [2.75, 3.05) is 6.61 Å². The SMILES string of the molecule is Cc1ccc(OCc2nc(CC(=O)OCC3CC=CCC3)cs2)cc1. The number of rotatable bonds is 7. The molecule has 132 valence electrons. The Morgan fingerprint density at radius 3 is 2.88 bits per heavy atom. The van der Waals surface area contributed by atoms with Gasteiger partial charge in [0.25, 0.3) is 0 Å². The summed E-state index contributed by atoms with van der Waals surface area (Å²) >= 11 is 1.51. The maximum Gasteiger partial charge on any atom is 0.311 e. The maximum absolute atomic E-state index is 12.0. The van der Waals surface area contributed by atoms with E-state index in [1.165, 1.54) is 16.9 Å². The number of aryl methyl sites for hydroxylation is 1. The van der Waals surface area contributed by atoms with E-state index >= 15 is 0 Å². The Balaban J connectivity index is 1.42. The van der Waals surface area contributed by atoms with Gasteiger partial charge in [-0.25, -0.2) is 4.98 Å². The van der Waals surface area contributed by atoms with Crippen LogP contribution in [-0.4, -0.2) is 17.6 Å². The Kier molecular flexibility index (Phi) is 6.23. The zero-order chi connectivity index (χ0) is 17.5. The Morgan fingerprint density at radius 2 is 2.12 bits per heavy atom. The van der Waals surface area contributed by atoms with E-state index in [1.807, 2.05) is 36.6 Å². The summed E-state index contributed by atoms with van der Waals surface area (Å²) in [7, 11) is 0. The summed E-state index contributed by atoms with van der Waals surface area (Å²) < 4.78 is 11.1. The highest BCUT2D eigenvalue weighted by molar-refractivity contribution is 7.09. The fourth-order valence-corrected chi connectivity index (χ4v) is 3.40. The molecule has 3 rings (SSSR count). The minimum atomic E-state index is -0.203. The first-order valence-electron chi connectivity index (χ1n) is 8.62. The molecule has 0 spiro atoms. The second kappa shape index (κ2) is 8.81. The molecule has 0 fully saturated rings. The van der Waals surface area contributed by atoms with E-state index in [4.69, 9.17) is 9.47 Å². The lowest BCUT2D eigenvalue weighted by Gasteiger charge is -2.17. The van der Waals surface area contributed by atoms with Crippen LogP contribution in [-0.2, 0) is 22.6 Å². The molecule has 5 heteroatoms. The number of allylic oxidation sites excluding steroid dienone is 2. The molecule has 0 aliphatic heterocycles. The number of carbonyl (C=O) groups is 1. The van der Waals surface area contributed by atoms with Crippen LogP contribution in [0.2, 0.25) is 0 Å². The van der Waals surface area contributed by atoms with Crippen molar-refractivity contribution < 1.29 is 14.3 Å². The van der Waals surface area contributed by atoms with Gasteiger partial charge in [0.15, 0.2) is 0 Å². The van der Waals surface area contributed by atoms with Gasteiger partial charge in [-0.3, -0.25) is 4.79 Å². The summed E-state index contributed by atoms with van der Waals surface area (Å²) in [5, 5.41) is 2.76. The molecule has 2 aromatic rings. The molecule has 1 heterocycles. The summed E-state index contributed by atoms with van der Waals surface area (Å²) in [5.41, 5.74) is 1.95. The third-order valence-corrected chi connectivity index (χ3v) is 5.04. The highest BCUT2D eigenvalue weighted by Crippen LogP contribution is 2.19. The van der Waals surface area contributed by atoms with Gasteiger partial charge < -0.3 is 9.47 Å². The van der Waals surface area contributed by atoms with Crippen molar-refractivity contribution in [2.24, 2.45) is 5.92 Å². The van der Waals surface area contributed by atoms with Crippen LogP contribution in [0.4, 0.5) is 0 Å². The van der Waals surface area contributed by atoms with Crippen molar-refractivity contribution in [3.63, 3.8) is 0 Å². The number of hydrogen-bond donors (Lipinski definition) is 0. The molecule has 0 saturated carbocycles. The van der Waals surface area contributed by atoms with E-state index in [0.717, 1.165) is 35.7 Å². The lowest BCUT2D eigenvalue weighted by Crippen LogP contribution is -2.16. The second-order valence-electron chi connectivity index (χ2n) is 6.34. The number of hydrogen-bond acceptors (Lipinski definition) is 5. The third-order valence-electron chi connectivity index (χ3n) is 4.17. The van der Waals surface area contributed by atoms with Gasteiger partial charge in [-0.1, -0.05) is 29.8 Å². The number of thiazole rings is 1. The van der Waals surface area contributed by atoms with Gasteiger partial charge in [0.05, 0.1) is 18.7 Å². The van der Waals surface area contributed by atoms with Gasteiger partial charge in [0, 0.05) is 5.38 Å². The van der Waals surface area contributed by atoms with E-state index in [1.54, 1.807) is 0 Å². The average Bonchev–Trinajstić information content (AvgIpc) is 3.08. The molecule has 1 unspecified atom stereocenters. The number of aromatic nitrogens is 1. The first-order chi connectivity index (χ1) is 12.2. The van der Waals surface area contributed by atoms with Crippen LogP contribution in [0.1, 0.15) is 35.5 Å². The summed E-state index contributed by atoms with van der Waals surface area (Å²) in [6.07, 6.45) is 7.77. The summed E-state index contributed by atoms with van der Waals surface area (Å²) in [6.45, 7) is 2.97. The molecule has 0 saturated heterocycles. The Morgan fingerprint density at radius 1 is 1.28 bits per heavy atom. The number of nitrogens with zero attached hydrogens (tertiary/aromatic N) is 1. The number of ether oxygens (including phenoxy) is 2. The average molecular weight is 357 g/mol. The van der Waals surface area contributed by atoms with Crippen LogP contribution in [0.15, 0.2) is 41.8 Å². The van der Waals surface area contributed by atoms with Crippen LogP contribution < -0.4 is 4.74 Å². The molecular formula is C20H23NO3S. The molecule has 0 radical (unpaired) electrons. The van der Waals surface area contributed by atoms with E-state index in [-0.39, 0.29) is 12.4 Å². The van der Waals surface area contributed by atoms with E-state index in [9.17, 15) is 4.79 Å². The highest BCUT2D eigenvalue weighted by Gasteiger charge is 2.14. The first-order valence-corrected chi connectivity index (χ1v) is 9.50. The molecule has 1 aliphatic rings. The van der Waals surface area contributed by atoms with Crippen LogP contribution >= 0.6 is 11.3 Å². The van der Waals surface area contributed by atoms with Crippen LogP contribution in [0.3, 0.4) is 0 Å². The van der Waals surface area contributed by atoms with Crippen molar-refractivity contribution >= 4 is 17.3 Å². The zero-order valence-electron chi connectivity index (χ0n) is 14.4. The number of esters is 1. The molecular weight excluding hydrogens is 334 g/mol. The maximum atomic E-state index is 12.0. The predicted molar refractivity (Wildman–Crippen MR) is 98.8 cm³/mol. The molecule has 1 atom stereocenters. The van der Waals surface area contributed by atoms with Crippen molar-refractivity contribution in [2.45, 2.75) is 39.2 Å². The van der Waals surface area contributed by atoms with Crippen molar-refractivity contribution in [1.82, 2.24) is 4.98 Å². The number of benzene rings is 1. The zero-order valence-corrected chi connectivity index (χ0v) is 15.3. The molecule has 25 heavy (non-hydrogen) atoms. The van der Waals surface area contributed by atoms with Gasteiger partial charge in [-0.15, -0.1) is 11.3 Å². The smallest absolute Gasteiger partial charge is 0.311 e. The fourth-order valence-electron chi connectivity index (χ4n) is 2.69. The molecule has 1 aliphatic carbocycles. The second-order valence-corrected chi connectivity index (χ2v) is 7.29. The van der Waals surface area contributed by atoms with Crippen molar-refractivity contribution in [3.8, 4) is 5.75 Å². The van der Waals surface area contributed by atoms with Crippen LogP contribution in [0.5, 0.6) is 5.75 Å². The minimum absolute atomic E-state index is 0.203. The van der Waals surface area contributed by atoms with Crippen LogP contribution in [0.25, 0.3) is 0 Å². The predicted octanol–water partition coefficient (Wildman–Crippen LogP) is 4.47. The van der Waals surface area contributed by atoms with Crippen LogP contribution in [0, 0.1) is 12.8 Å². The molecule has 1 aromatic carbocycles. The van der Waals surface area contributed by atoms with Gasteiger partial charge >= 0.3 is 5.97 Å². The normalized spacial score (nSPS) is 16.6. The lowest BCUT2D eigenvalue weighted by atomic mass is 9.95. The fraction of sp³-hybridized carbons (Fsp3) is 0.400. The molecule has 1 aromatic heterocycles. The summed E-state index contributed by atoms with van der Waals surface area (Å²) in [6, 6.07) is 7.92. The lowest BCUT2D eigenvalue weighted by molar-refractivity contribution is -0.144. The largest absolute Gasteiger partial charge is 0.486 e. The van der Waals surface area contributed by atoms with Gasteiger partial charge in [-0.2, -0.15) is 0 Å². The van der Waals surface area contributed by atoms with Gasteiger partial charge in [0.2, 0.25) is 0 Å². The molecule has 0 N–H and O–H groups in total. The third kappa shape index (κ3) is 5.71. The van der Waals surface area contributed by atoms with Gasteiger partial charge in [0.1, 0.15) is 17.4 Å². The summed E-state index contributed by atoms with van der Waals surface area (Å²) in [4.78, 5) is 16.4. The topological polar surface area (TPSA) is 48.4 Å². The van der Waals surface area contributed by atoms with Crippen molar-refractivity contribution in [3.05, 3.63) is 58.1 Å². The van der Waals surface area contributed by atoms with Crippen molar-refractivity contribution in [1.29, 1.82) is 0 Å². The van der Waals surface area contributed by atoms with Gasteiger partial charge in [-0.05, 0) is 44.2 Å². The quantitative estimate of drug-likeness (QED) is 0.542. The molecule has 0 bridgehead atoms. The summed E-state index contributed by atoms with van der Waals surface area (Å²) in [5.74, 6) is 1.08. The number of carbonyl (C=O) groups excluding carboxylic acids is 1. The first kappa shape index (κ1) is 17.7. The Hall–Kier alpha value is -2.14. The Labute approximate surface area is 152 Å². The minimum Gasteiger partial charge on any atom is -0.486 e. The standard InChI is InChI=1S/C20H23NO3S/c1-15-7-9-18(10-8-15)23-13-19-21-17(14-25-19)11-20(22)24-12-16-5-3-2-4-6-16/h2-3,7-10,14,16H,4-6,11-13H2,1H3. The molecule has 0 amide bonds. The van der Waals surface area contributed by atoms with E-state index in [2.05, 4.69) is 17.1 Å². The monoisotopic (exact) mass is 357 g/mol. The highest BCUT2D eigenvalue weighted by atomic mass is 32.1. The van der Waals surface area contributed by atoms with E-state index in [0.29, 0.717) is 19.1 Å². The van der Waals surface area contributed by atoms with E-state index < -0.39 is 0 Å². The molecule has 4 nitrogen and oxygen atoms in total. The Bertz CT molecular complexity index is 721.